The van der Waals surface area contributed by atoms with Gasteiger partial charge in [0.25, 0.3) is 0 Å². The number of rotatable bonds is 3. The first kappa shape index (κ1) is 15.1. The van der Waals surface area contributed by atoms with Gasteiger partial charge in [-0.3, -0.25) is 0 Å². The number of aromatic nitrogens is 1. The molecule has 0 spiro atoms. The number of halogens is 4. The summed E-state index contributed by atoms with van der Waals surface area (Å²) in [6.45, 7) is 0.604. The van der Waals surface area contributed by atoms with Crippen molar-refractivity contribution in [3.05, 3.63) is 48.5 Å². The quantitative estimate of drug-likeness (QED) is 0.595. The second-order valence-corrected chi connectivity index (χ2v) is 6.68. The second-order valence-electron chi connectivity index (χ2n) is 3.76. The summed E-state index contributed by atoms with van der Waals surface area (Å²) in [6.07, 6.45) is 1.66. The molecule has 2 rings (SSSR count). The number of phenolic OH excluding ortho intramolecular Hbond substituents is 1. The summed E-state index contributed by atoms with van der Waals surface area (Å²) < 4.78 is 2.04. The predicted octanol–water partition coefficient (Wildman–Crippen LogP) is 5.34. The molecule has 7 heteroatoms. The van der Waals surface area contributed by atoms with Crippen LogP contribution in [0.1, 0.15) is 5.56 Å². The predicted molar refractivity (Wildman–Crippen MR) is 87.8 cm³/mol. The van der Waals surface area contributed by atoms with Gasteiger partial charge in [-0.1, -0.05) is 11.6 Å². The lowest BCUT2D eigenvalue weighted by atomic mass is 10.2. The monoisotopic (exact) mass is 468 g/mol. The summed E-state index contributed by atoms with van der Waals surface area (Å²) in [6, 6.07) is 5.57. The number of phenols is 1. The maximum atomic E-state index is 9.64. The van der Waals surface area contributed by atoms with Crippen molar-refractivity contribution < 1.29 is 5.11 Å². The van der Waals surface area contributed by atoms with Gasteiger partial charge in [-0.15, -0.1) is 0 Å². The maximum absolute atomic E-state index is 9.64. The Morgan fingerprint density at radius 1 is 1.11 bits per heavy atom. The fourth-order valence-electron chi connectivity index (χ4n) is 1.44. The van der Waals surface area contributed by atoms with Crippen LogP contribution in [0.3, 0.4) is 0 Å². The number of nitrogens with one attached hydrogen (secondary N) is 1. The van der Waals surface area contributed by atoms with E-state index in [0.717, 1.165) is 15.7 Å². The van der Waals surface area contributed by atoms with Crippen molar-refractivity contribution >= 4 is 65.1 Å². The molecule has 0 fully saturated rings. The van der Waals surface area contributed by atoms with Gasteiger partial charge < -0.3 is 10.4 Å². The Morgan fingerprint density at radius 2 is 1.74 bits per heavy atom. The summed E-state index contributed by atoms with van der Waals surface area (Å²) in [7, 11) is 0. The lowest BCUT2D eigenvalue weighted by molar-refractivity contribution is 0.468. The molecule has 1 aromatic heterocycles. The number of anilines is 1. The topological polar surface area (TPSA) is 45.1 Å². The minimum atomic E-state index is 0.194. The summed E-state index contributed by atoms with van der Waals surface area (Å²) in [5.41, 5.74) is 1.87. The fourth-order valence-corrected chi connectivity index (χ4v) is 3.18. The van der Waals surface area contributed by atoms with E-state index >= 15 is 0 Å². The van der Waals surface area contributed by atoms with E-state index in [1.165, 1.54) is 0 Å². The molecule has 0 radical (unpaired) electrons. The minimum Gasteiger partial charge on any atom is -0.506 e. The lowest BCUT2D eigenvalue weighted by Crippen LogP contribution is -2.00. The van der Waals surface area contributed by atoms with Gasteiger partial charge in [-0.2, -0.15) is 0 Å². The number of nitrogens with zero attached hydrogens (tertiary/aromatic N) is 1. The Bertz CT molecular complexity index is 599. The van der Waals surface area contributed by atoms with Crippen LogP contribution in [0.2, 0.25) is 5.15 Å². The Hall–Kier alpha value is -0.300. The van der Waals surface area contributed by atoms with E-state index in [-0.39, 0.29) is 5.75 Å². The third-order valence-corrected chi connectivity index (χ3v) is 4.71. The Kier molecular flexibility index (Phi) is 5.11. The van der Waals surface area contributed by atoms with Crippen LogP contribution in [0.15, 0.2) is 37.8 Å². The molecule has 0 atom stereocenters. The lowest BCUT2D eigenvalue weighted by Gasteiger charge is -2.09. The minimum absolute atomic E-state index is 0.194. The highest BCUT2D eigenvalue weighted by molar-refractivity contribution is 9.11. The molecule has 0 saturated heterocycles. The van der Waals surface area contributed by atoms with Gasteiger partial charge in [0.1, 0.15) is 10.9 Å². The molecule has 0 aliphatic carbocycles. The van der Waals surface area contributed by atoms with Crippen molar-refractivity contribution in [1.29, 1.82) is 0 Å². The zero-order valence-electron chi connectivity index (χ0n) is 9.42. The van der Waals surface area contributed by atoms with E-state index in [4.69, 9.17) is 11.6 Å². The normalized spacial score (nSPS) is 10.5. The first-order valence-electron chi connectivity index (χ1n) is 5.19. The van der Waals surface area contributed by atoms with Crippen LogP contribution in [0, 0.1) is 0 Å². The molecule has 0 aliphatic heterocycles. The van der Waals surface area contributed by atoms with Crippen molar-refractivity contribution in [3.63, 3.8) is 0 Å². The van der Waals surface area contributed by atoms with Crippen molar-refractivity contribution in [1.82, 2.24) is 4.98 Å². The van der Waals surface area contributed by atoms with Crippen LogP contribution >= 0.6 is 59.4 Å². The van der Waals surface area contributed by atoms with Gasteiger partial charge in [0, 0.05) is 6.54 Å². The molecule has 100 valence electrons. The molecule has 1 heterocycles. The highest BCUT2D eigenvalue weighted by Gasteiger charge is 2.06. The average molecular weight is 471 g/mol. The first-order chi connectivity index (χ1) is 8.97. The first-order valence-corrected chi connectivity index (χ1v) is 7.95. The summed E-state index contributed by atoms with van der Waals surface area (Å²) in [4.78, 5) is 4.04. The van der Waals surface area contributed by atoms with Gasteiger partial charge in [-0.05, 0) is 71.6 Å². The fraction of sp³-hybridized carbons (Fsp3) is 0.0833. The van der Waals surface area contributed by atoms with E-state index < -0.39 is 0 Å². The molecule has 2 aromatic rings. The third-order valence-electron chi connectivity index (χ3n) is 2.37. The Balaban J connectivity index is 2.12. The van der Waals surface area contributed by atoms with Crippen LogP contribution in [0.5, 0.6) is 5.75 Å². The number of hydrogen-bond acceptors (Lipinski definition) is 3. The van der Waals surface area contributed by atoms with Crippen LogP contribution < -0.4 is 5.32 Å². The smallest absolute Gasteiger partial charge is 0.143 e. The number of hydrogen-bond donors (Lipinski definition) is 2. The zero-order valence-corrected chi connectivity index (χ0v) is 14.9. The molecule has 0 aliphatic rings. The molecule has 2 N–H and O–H groups in total. The molecule has 0 amide bonds. The van der Waals surface area contributed by atoms with E-state index in [1.807, 2.05) is 18.2 Å². The molecular formula is C12H8Br3ClN2O. The van der Waals surface area contributed by atoms with Crippen LogP contribution in [-0.2, 0) is 6.54 Å². The van der Waals surface area contributed by atoms with Crippen LogP contribution in [-0.4, -0.2) is 10.1 Å². The standard InChI is InChI=1S/C12H8Br3ClN2O/c13-8-1-6(2-9(14)11(8)19)4-17-7-3-10(15)12(16)18-5-7/h1-3,5,17,19H,4H2. The maximum Gasteiger partial charge on any atom is 0.143 e. The summed E-state index contributed by atoms with van der Waals surface area (Å²) in [5, 5.41) is 13.3. The SMILES string of the molecule is Oc1c(Br)cc(CNc2cnc(Cl)c(Br)c2)cc1Br. The van der Waals surface area contributed by atoms with E-state index in [0.29, 0.717) is 20.6 Å². The van der Waals surface area contributed by atoms with Crippen molar-refractivity contribution in [3.8, 4) is 5.75 Å². The Labute approximate surface area is 140 Å². The van der Waals surface area contributed by atoms with Crippen LogP contribution in [0.4, 0.5) is 5.69 Å². The van der Waals surface area contributed by atoms with Gasteiger partial charge in [0.2, 0.25) is 0 Å². The molecule has 3 nitrogen and oxygen atoms in total. The van der Waals surface area contributed by atoms with Gasteiger partial charge in [0.05, 0.1) is 25.3 Å². The number of pyridine rings is 1. The average Bonchev–Trinajstić information content (AvgIpc) is 2.37. The van der Waals surface area contributed by atoms with E-state index in [9.17, 15) is 5.11 Å². The van der Waals surface area contributed by atoms with E-state index in [2.05, 4.69) is 58.1 Å². The number of aromatic hydroxyl groups is 1. The van der Waals surface area contributed by atoms with Crippen LogP contribution in [0.25, 0.3) is 0 Å². The molecule has 19 heavy (non-hydrogen) atoms. The highest BCUT2D eigenvalue weighted by Crippen LogP contribution is 2.33. The largest absolute Gasteiger partial charge is 0.506 e. The molecule has 0 saturated carbocycles. The van der Waals surface area contributed by atoms with Crippen molar-refractivity contribution in [2.45, 2.75) is 6.54 Å². The summed E-state index contributed by atoms with van der Waals surface area (Å²) in [5.74, 6) is 0.194. The zero-order chi connectivity index (χ0) is 14.0. The highest BCUT2D eigenvalue weighted by atomic mass is 79.9. The van der Waals surface area contributed by atoms with Gasteiger partial charge >= 0.3 is 0 Å². The summed E-state index contributed by atoms with van der Waals surface area (Å²) >= 11 is 15.8. The van der Waals surface area contributed by atoms with Gasteiger partial charge in [-0.25, -0.2) is 4.98 Å². The molecule has 0 bridgehead atoms. The molecule has 1 aromatic carbocycles. The van der Waals surface area contributed by atoms with E-state index in [1.54, 1.807) is 6.20 Å². The Morgan fingerprint density at radius 3 is 2.32 bits per heavy atom. The number of benzene rings is 1. The van der Waals surface area contributed by atoms with Crippen molar-refractivity contribution in [2.75, 3.05) is 5.32 Å². The molecule has 0 unspecified atom stereocenters. The molecular weight excluding hydrogens is 463 g/mol. The second kappa shape index (κ2) is 6.43. The van der Waals surface area contributed by atoms with Crippen molar-refractivity contribution in [2.24, 2.45) is 0 Å². The van der Waals surface area contributed by atoms with Gasteiger partial charge in [0.15, 0.2) is 0 Å². The third kappa shape index (κ3) is 3.84.